The number of ether oxygens (including phenoxy) is 13. The van der Waals surface area contributed by atoms with E-state index in [0.717, 1.165) is 71.4 Å². The number of thioether (sulfide) groups is 1. The average Bonchev–Trinajstić information content (AvgIpc) is 1.70. The van der Waals surface area contributed by atoms with Crippen molar-refractivity contribution >= 4 is 47.3 Å². The molecule has 5 N–H and O–H groups in total. The number of carbonyl (C=O) groups is 6. The van der Waals surface area contributed by atoms with Crippen LogP contribution in [0.4, 0.5) is 0 Å². The van der Waals surface area contributed by atoms with Crippen LogP contribution in [0.2, 0.25) is 0 Å². The molecule has 0 spiro atoms. The van der Waals surface area contributed by atoms with Crippen LogP contribution in [0.25, 0.3) is 0 Å². The lowest BCUT2D eigenvalue weighted by atomic mass is 9.47. The van der Waals surface area contributed by atoms with Crippen LogP contribution < -0.4 is 16.4 Å². The van der Waals surface area contributed by atoms with Crippen LogP contribution in [0.15, 0.2) is 11.6 Å². The summed E-state index contributed by atoms with van der Waals surface area (Å²) in [6.45, 7) is 22.3. The lowest BCUT2D eigenvalue weighted by Crippen LogP contribution is -2.51. The number of amides is 4. The van der Waals surface area contributed by atoms with Gasteiger partial charge in [0, 0.05) is 44.5 Å². The molecule has 25 heteroatoms. The summed E-state index contributed by atoms with van der Waals surface area (Å²) >= 11 is 1.03. The molecule has 1 heterocycles. The van der Waals surface area contributed by atoms with Gasteiger partial charge in [0.2, 0.25) is 23.6 Å². The summed E-state index contributed by atoms with van der Waals surface area (Å²) in [5, 5.41) is 13.6. The number of nitrogens with two attached hydrogens (primary N) is 1. The van der Waals surface area contributed by atoms with E-state index in [2.05, 4.69) is 51.3 Å². The van der Waals surface area contributed by atoms with E-state index in [-0.39, 0.29) is 87.2 Å². The van der Waals surface area contributed by atoms with Crippen LogP contribution in [-0.2, 0) is 90.3 Å². The van der Waals surface area contributed by atoms with Crippen molar-refractivity contribution in [2.75, 3.05) is 184 Å². The number of esters is 1. The van der Waals surface area contributed by atoms with Gasteiger partial charge >= 0.3 is 11.9 Å². The van der Waals surface area contributed by atoms with E-state index in [1.165, 1.54) is 56.9 Å². The second-order valence-corrected chi connectivity index (χ2v) is 26.7. The van der Waals surface area contributed by atoms with Gasteiger partial charge in [-0.2, -0.15) is 0 Å². The third-order valence-corrected chi connectivity index (χ3v) is 20.0. The van der Waals surface area contributed by atoms with Gasteiger partial charge in [-0.1, -0.05) is 65.5 Å². The molecule has 2 unspecified atom stereocenters. The van der Waals surface area contributed by atoms with Crippen molar-refractivity contribution in [3.05, 3.63) is 11.6 Å². The highest BCUT2D eigenvalue weighted by atomic mass is 32.2. The molecule has 3 saturated carbocycles. The van der Waals surface area contributed by atoms with E-state index >= 15 is 0 Å². The summed E-state index contributed by atoms with van der Waals surface area (Å²) in [5.41, 5.74) is 7.64. The Hall–Kier alpha value is -3.41. The first-order valence-electron chi connectivity index (χ1n) is 33.8. The maximum atomic E-state index is 12.8. The quantitative estimate of drug-likeness (QED) is 0.0256. The molecule has 524 valence electrons. The zero-order valence-corrected chi connectivity index (χ0v) is 56.4. The normalized spacial score (nSPS) is 24.4. The van der Waals surface area contributed by atoms with Gasteiger partial charge < -0.3 is 83.1 Å². The lowest BCUT2D eigenvalue weighted by Gasteiger charge is -2.58. The van der Waals surface area contributed by atoms with Crippen LogP contribution >= 0.6 is 11.8 Å². The largest absolute Gasteiger partial charge is 0.480 e. The predicted octanol–water partition coefficient (Wildman–Crippen LogP) is 5.42. The monoisotopic (exact) mass is 1310 g/mol. The van der Waals surface area contributed by atoms with Crippen molar-refractivity contribution < 1.29 is 95.5 Å². The number of carbonyl (C=O) groups excluding carboxylic acids is 5. The Labute approximate surface area is 545 Å². The first-order valence-corrected chi connectivity index (χ1v) is 34.9. The highest BCUT2D eigenvalue weighted by Crippen LogP contribution is 2.67. The number of hydrogen-bond acceptors (Lipinski definition) is 21. The smallest absolute Gasteiger partial charge is 0.325 e. The molecule has 1 saturated heterocycles. The maximum Gasteiger partial charge on any atom is 0.325 e. The van der Waals surface area contributed by atoms with Crippen LogP contribution in [0.5, 0.6) is 0 Å². The Morgan fingerprint density at radius 3 is 1.62 bits per heavy atom. The van der Waals surface area contributed by atoms with Crippen LogP contribution in [0.1, 0.15) is 125 Å². The minimum atomic E-state index is -1.18. The average molecular weight is 1320 g/mol. The molecule has 10 atom stereocenters. The van der Waals surface area contributed by atoms with E-state index in [1.54, 1.807) is 0 Å². The summed E-state index contributed by atoms with van der Waals surface area (Å²) in [7, 11) is 0. The number of hydrogen-bond donors (Lipinski definition) is 4. The van der Waals surface area contributed by atoms with Gasteiger partial charge in [0.05, 0.1) is 164 Å². The second-order valence-electron chi connectivity index (χ2n) is 25.5. The number of nitrogens with zero attached hydrogens (tertiary/aromatic N) is 1. The Balaban J connectivity index is 0.681. The molecule has 0 aromatic rings. The minimum absolute atomic E-state index is 0.00812. The Morgan fingerprint density at radius 2 is 1.11 bits per heavy atom. The molecule has 0 aromatic heterocycles. The molecule has 5 rings (SSSR count). The molecule has 1 aliphatic heterocycles. The van der Waals surface area contributed by atoms with Gasteiger partial charge in [-0.05, 0) is 91.3 Å². The van der Waals surface area contributed by atoms with E-state index in [0.29, 0.717) is 151 Å². The van der Waals surface area contributed by atoms with Crippen LogP contribution in [-0.4, -0.2) is 247 Å². The number of carboxylic acid groups (broad SMARTS) is 1. The number of imide groups is 1. The van der Waals surface area contributed by atoms with Crippen LogP contribution in [0, 0.1) is 46.3 Å². The first-order chi connectivity index (χ1) is 44.0. The Kier molecular flexibility index (Phi) is 38.8. The minimum Gasteiger partial charge on any atom is -0.480 e. The molecule has 0 bridgehead atoms. The molecule has 4 aliphatic carbocycles. The first kappa shape index (κ1) is 78.3. The molecular formula is C66H114N4O20S. The number of fused-ring (bicyclic) bond motifs is 5. The van der Waals surface area contributed by atoms with Crippen molar-refractivity contribution in [2.45, 2.75) is 142 Å². The van der Waals surface area contributed by atoms with E-state index in [4.69, 9.17) is 72.4 Å². The van der Waals surface area contributed by atoms with Crippen molar-refractivity contribution in [3.63, 3.8) is 0 Å². The number of allylic oxidation sites excluding steroid dienone is 1. The highest BCUT2D eigenvalue weighted by molar-refractivity contribution is 8.00. The predicted molar refractivity (Wildman–Crippen MR) is 341 cm³/mol. The number of aliphatic carboxylic acids is 1. The summed E-state index contributed by atoms with van der Waals surface area (Å²) in [6.07, 6.45) is 15.9. The van der Waals surface area contributed by atoms with Gasteiger partial charge in [0.25, 0.3) is 0 Å². The number of rotatable bonds is 54. The van der Waals surface area contributed by atoms with Crippen LogP contribution in [0.3, 0.4) is 0 Å². The molecular weight excluding hydrogens is 1200 g/mol. The van der Waals surface area contributed by atoms with E-state index < -0.39 is 29.1 Å². The Morgan fingerprint density at radius 1 is 0.615 bits per heavy atom. The summed E-state index contributed by atoms with van der Waals surface area (Å²) in [6, 6.07) is -1.12. The highest BCUT2D eigenvalue weighted by Gasteiger charge is 2.59. The van der Waals surface area contributed by atoms with Crippen molar-refractivity contribution in [3.8, 4) is 0 Å². The summed E-state index contributed by atoms with van der Waals surface area (Å²) < 4.78 is 72.2. The number of carboxylic acids is 1. The number of nitrogens with one attached hydrogen (secondary N) is 2. The van der Waals surface area contributed by atoms with E-state index in [9.17, 15) is 28.8 Å². The van der Waals surface area contributed by atoms with Gasteiger partial charge in [0.15, 0.2) is 0 Å². The fourth-order valence-electron chi connectivity index (χ4n) is 13.8. The van der Waals surface area contributed by atoms with Crippen molar-refractivity contribution in [1.82, 2.24) is 15.5 Å². The molecule has 0 radical (unpaired) electrons. The lowest BCUT2D eigenvalue weighted by molar-refractivity contribution is -0.151. The summed E-state index contributed by atoms with van der Waals surface area (Å²) in [5.74, 6) is 1.83. The van der Waals surface area contributed by atoms with Crippen molar-refractivity contribution in [2.24, 2.45) is 52.1 Å². The van der Waals surface area contributed by atoms with Gasteiger partial charge in [-0.15, -0.1) is 11.8 Å². The molecule has 4 amide bonds. The topological polar surface area (TPSA) is 296 Å². The maximum absolute atomic E-state index is 12.8. The summed E-state index contributed by atoms with van der Waals surface area (Å²) in [4.78, 5) is 74.1. The SMILES string of the molecule is CC(C)CCC[C@@H](C)[C@H]1CC[C@H]2[C@@H]3CC=C4CC(OC(=O)CNC(=O)CCOCCOCCOCCOCCOCCOCCOCCOCCOCCOCCOCCOCCNC(=O)CCN5C(=O)CC(SC[C@H](N)C(=O)O)C5=O)CC[C@]4(C)[C@H]3CC[C@]12C. The third-order valence-electron chi connectivity index (χ3n) is 18.7. The molecule has 0 aromatic carbocycles. The fourth-order valence-corrected chi connectivity index (χ4v) is 14.9. The fraction of sp³-hybridized carbons (Fsp3) is 0.879. The number of likely N-dealkylation sites (tertiary alicyclic amines) is 1. The second kappa shape index (κ2) is 45.1. The van der Waals surface area contributed by atoms with Gasteiger partial charge in [-0.25, -0.2) is 0 Å². The van der Waals surface area contributed by atoms with Gasteiger partial charge in [-0.3, -0.25) is 33.7 Å². The van der Waals surface area contributed by atoms with Crippen molar-refractivity contribution in [1.29, 1.82) is 0 Å². The molecule has 24 nitrogen and oxygen atoms in total. The molecule has 91 heavy (non-hydrogen) atoms. The zero-order valence-electron chi connectivity index (χ0n) is 55.6. The Bertz CT molecular complexity index is 2130. The van der Waals surface area contributed by atoms with E-state index in [1.807, 2.05) is 0 Å². The standard InChI is InChI=1S/C66H114N4O20S/c1-49(2)7-6-8-50(3)54-11-12-55-53-10-9-51-45-52(13-17-65(51,4)56(53)14-18-66(54,55)5)90-62(74)47-69-60(72)16-21-78-23-25-80-27-29-82-31-33-84-35-37-86-39-41-88-43-44-89-42-40-87-38-36-85-34-32-83-30-28-81-26-24-79-22-19-68-59(71)15-20-70-61(73)46-58(63(70)75)91-48-57(67)64(76)77/h9,49-50,52-58H,6-8,10-48,67H2,1-5H3,(H,68,71)(H,69,72)(H,76,77)/t50-,52?,53+,54-,55+,56+,57+,58?,65+,66-/m1/s1. The molecule has 4 fully saturated rings. The molecule has 5 aliphatic rings. The third kappa shape index (κ3) is 29.2. The van der Waals surface area contributed by atoms with Gasteiger partial charge in [0.1, 0.15) is 18.7 Å². The zero-order chi connectivity index (χ0) is 65.5.